The maximum absolute atomic E-state index is 12.1. The van der Waals surface area contributed by atoms with Gasteiger partial charge in [0.1, 0.15) is 19.0 Å². The molecule has 0 spiro atoms. The van der Waals surface area contributed by atoms with E-state index in [1.807, 2.05) is 18.2 Å². The Labute approximate surface area is 180 Å². The van der Waals surface area contributed by atoms with E-state index >= 15 is 0 Å². The number of rotatable bonds is 8. The molecule has 2 aromatic rings. The summed E-state index contributed by atoms with van der Waals surface area (Å²) in [4.78, 5) is 40.9. The Hall–Kier alpha value is -3.39. The highest BCUT2D eigenvalue weighted by molar-refractivity contribution is 6.29. The van der Waals surface area contributed by atoms with Crippen molar-refractivity contribution in [2.24, 2.45) is 0 Å². The van der Waals surface area contributed by atoms with E-state index in [9.17, 15) is 14.4 Å². The molecule has 3 rings (SSSR count). The van der Waals surface area contributed by atoms with Crippen LogP contribution in [0.4, 0.5) is 0 Å². The lowest BCUT2D eigenvalue weighted by atomic mass is 10.2. The predicted octanol–water partition coefficient (Wildman–Crippen LogP) is 2.91. The highest BCUT2D eigenvalue weighted by atomic mass is 16.7. The Morgan fingerprint density at radius 2 is 1.71 bits per heavy atom. The number of hydrogen-bond donors (Lipinski definition) is 0. The molecular weight excluding hydrogens is 402 g/mol. The first-order valence-electron chi connectivity index (χ1n) is 10.2. The summed E-state index contributed by atoms with van der Waals surface area (Å²) < 4.78 is 15.7. The fraction of sp³-hybridized carbons (Fsp3) is 0.348. The number of ether oxygens (including phenoxy) is 3. The Bertz CT molecular complexity index is 883. The maximum atomic E-state index is 12.1. The molecule has 31 heavy (non-hydrogen) atoms. The zero-order valence-electron chi connectivity index (χ0n) is 17.3. The lowest BCUT2D eigenvalue weighted by Crippen LogP contribution is -2.38. The van der Waals surface area contributed by atoms with E-state index < -0.39 is 11.9 Å². The highest BCUT2D eigenvalue weighted by Gasteiger charge is 2.31. The monoisotopic (exact) mass is 427 g/mol. The fourth-order valence-corrected chi connectivity index (χ4v) is 3.12. The summed E-state index contributed by atoms with van der Waals surface area (Å²) in [5, 5.41) is 1.46. The minimum atomic E-state index is -1.05. The lowest BCUT2D eigenvalue weighted by molar-refractivity contribution is -0.205. The quantitative estimate of drug-likeness (QED) is 0.469. The second-order valence-electron chi connectivity index (χ2n) is 6.93. The normalized spacial score (nSPS) is 15.8. The van der Waals surface area contributed by atoms with Crippen LogP contribution in [0.1, 0.15) is 35.7 Å². The first-order valence-corrected chi connectivity index (χ1v) is 10.2. The van der Waals surface area contributed by atoms with Crippen molar-refractivity contribution < 1.29 is 33.4 Å². The Morgan fingerprint density at radius 1 is 0.968 bits per heavy atom. The van der Waals surface area contributed by atoms with Gasteiger partial charge in [-0.05, 0) is 49.6 Å². The van der Waals surface area contributed by atoms with E-state index in [2.05, 4.69) is 0 Å². The molecule has 0 radical (unpaired) electrons. The molecule has 0 aliphatic carbocycles. The summed E-state index contributed by atoms with van der Waals surface area (Å²) >= 11 is 0. The largest absolute Gasteiger partial charge is 0.492 e. The molecule has 1 saturated heterocycles. The van der Waals surface area contributed by atoms with Crippen molar-refractivity contribution in [3.05, 3.63) is 65.7 Å². The van der Waals surface area contributed by atoms with Crippen molar-refractivity contribution in [2.45, 2.75) is 32.4 Å². The average Bonchev–Trinajstić information content (AvgIpc) is 3.24. The van der Waals surface area contributed by atoms with E-state index in [4.69, 9.17) is 19.0 Å². The van der Waals surface area contributed by atoms with Gasteiger partial charge >= 0.3 is 17.9 Å². The average molecular weight is 427 g/mol. The van der Waals surface area contributed by atoms with Crippen LogP contribution in [0.3, 0.4) is 0 Å². The van der Waals surface area contributed by atoms with Gasteiger partial charge < -0.3 is 19.0 Å². The standard InChI is InChI=1S/C23H25NO7/c1-2-28-21(25)18-10-12-20(13-11-18)29-16-19-9-6-14-24(19)31-23(27)22(26)30-15-17-7-4-3-5-8-17/h3-5,7-8,10-13,19H,2,6,9,14-16H2,1H3/t19-/m0/s1. The SMILES string of the molecule is CCOC(=O)c1ccc(OC[C@@H]2CCCN2OC(=O)C(=O)OCc2ccccc2)cc1. The summed E-state index contributed by atoms with van der Waals surface area (Å²) in [6, 6.07) is 15.5. The number of hydrogen-bond acceptors (Lipinski definition) is 8. The van der Waals surface area contributed by atoms with Crippen LogP contribution < -0.4 is 4.74 Å². The molecule has 1 aliphatic rings. The third-order valence-corrected chi connectivity index (χ3v) is 4.71. The van der Waals surface area contributed by atoms with Crippen molar-refractivity contribution >= 4 is 17.9 Å². The van der Waals surface area contributed by atoms with Crippen LogP contribution >= 0.6 is 0 Å². The number of nitrogens with zero attached hydrogens (tertiary/aromatic N) is 1. The first-order chi connectivity index (χ1) is 15.1. The van der Waals surface area contributed by atoms with Gasteiger partial charge in [-0.1, -0.05) is 30.3 Å². The molecule has 1 aliphatic heterocycles. The Balaban J connectivity index is 1.45. The van der Waals surface area contributed by atoms with Gasteiger partial charge in [0.15, 0.2) is 0 Å². The summed E-state index contributed by atoms with van der Waals surface area (Å²) in [5.74, 6) is -1.90. The van der Waals surface area contributed by atoms with E-state index in [1.165, 1.54) is 5.06 Å². The molecule has 0 saturated carbocycles. The van der Waals surface area contributed by atoms with Gasteiger partial charge in [0.05, 0.1) is 18.2 Å². The zero-order chi connectivity index (χ0) is 22.1. The van der Waals surface area contributed by atoms with Gasteiger partial charge in [0, 0.05) is 6.54 Å². The van der Waals surface area contributed by atoms with Crippen molar-refractivity contribution in [2.75, 3.05) is 19.8 Å². The van der Waals surface area contributed by atoms with Gasteiger partial charge in [-0.2, -0.15) is 0 Å². The van der Waals surface area contributed by atoms with Crippen LogP contribution in [0, 0.1) is 0 Å². The van der Waals surface area contributed by atoms with Crippen LogP contribution in [0.25, 0.3) is 0 Å². The number of benzene rings is 2. The maximum Gasteiger partial charge on any atom is 0.436 e. The summed E-state index contributed by atoms with van der Waals surface area (Å²) in [7, 11) is 0. The van der Waals surface area contributed by atoms with Crippen LogP contribution in [0.15, 0.2) is 54.6 Å². The molecule has 8 heteroatoms. The van der Waals surface area contributed by atoms with Crippen LogP contribution in [0.2, 0.25) is 0 Å². The summed E-state index contributed by atoms with van der Waals surface area (Å²) in [6.45, 7) is 2.84. The number of carbonyl (C=O) groups excluding carboxylic acids is 3. The van der Waals surface area contributed by atoms with Gasteiger partial charge in [-0.15, -0.1) is 5.06 Å². The molecule has 2 aromatic carbocycles. The number of esters is 2. The third kappa shape index (κ3) is 6.55. The minimum absolute atomic E-state index is 0.00308. The van der Waals surface area contributed by atoms with Gasteiger partial charge in [-0.3, -0.25) is 0 Å². The minimum Gasteiger partial charge on any atom is -0.492 e. The van der Waals surface area contributed by atoms with Crippen molar-refractivity contribution in [1.29, 1.82) is 0 Å². The molecule has 164 valence electrons. The van der Waals surface area contributed by atoms with Crippen molar-refractivity contribution in [3.63, 3.8) is 0 Å². The molecule has 1 fully saturated rings. The predicted molar refractivity (Wildman–Crippen MR) is 110 cm³/mol. The van der Waals surface area contributed by atoms with Gasteiger partial charge in [0.2, 0.25) is 0 Å². The van der Waals surface area contributed by atoms with Crippen LogP contribution in [0.5, 0.6) is 5.75 Å². The fourth-order valence-electron chi connectivity index (χ4n) is 3.12. The van der Waals surface area contributed by atoms with Crippen molar-refractivity contribution in [1.82, 2.24) is 5.06 Å². The van der Waals surface area contributed by atoms with E-state index in [0.29, 0.717) is 24.5 Å². The van der Waals surface area contributed by atoms with Crippen molar-refractivity contribution in [3.8, 4) is 5.75 Å². The van der Waals surface area contributed by atoms with Gasteiger partial charge in [0.25, 0.3) is 0 Å². The molecule has 0 unspecified atom stereocenters. The molecule has 0 aromatic heterocycles. The number of hydroxylamine groups is 2. The van der Waals surface area contributed by atoms with Crippen LogP contribution in [-0.2, 0) is 30.5 Å². The second-order valence-corrected chi connectivity index (χ2v) is 6.93. The zero-order valence-corrected chi connectivity index (χ0v) is 17.3. The summed E-state index contributed by atoms with van der Waals surface area (Å²) in [6.07, 6.45) is 1.56. The lowest BCUT2D eigenvalue weighted by Gasteiger charge is -2.22. The molecular formula is C23H25NO7. The molecule has 0 bridgehead atoms. The molecule has 0 amide bonds. The Morgan fingerprint density at radius 3 is 2.42 bits per heavy atom. The molecule has 1 atom stereocenters. The summed E-state index contributed by atoms with van der Waals surface area (Å²) in [5.41, 5.74) is 1.23. The van der Waals surface area contributed by atoms with E-state index in [0.717, 1.165) is 18.4 Å². The van der Waals surface area contributed by atoms with E-state index in [1.54, 1.807) is 43.3 Å². The second kappa shape index (κ2) is 11.1. The third-order valence-electron chi connectivity index (χ3n) is 4.71. The topological polar surface area (TPSA) is 91.4 Å². The Kier molecular flexibility index (Phi) is 8.00. The molecule has 0 N–H and O–H groups in total. The van der Waals surface area contributed by atoms with Crippen LogP contribution in [-0.4, -0.2) is 48.8 Å². The molecule has 8 nitrogen and oxygen atoms in total. The first kappa shape index (κ1) is 22.3. The van der Waals surface area contributed by atoms with E-state index in [-0.39, 0.29) is 25.2 Å². The smallest absolute Gasteiger partial charge is 0.436 e. The van der Waals surface area contributed by atoms with Gasteiger partial charge in [-0.25, -0.2) is 14.4 Å². The number of carbonyl (C=O) groups is 3. The molecule has 1 heterocycles. The highest BCUT2D eigenvalue weighted by Crippen LogP contribution is 2.20.